The molecule has 2 aromatic rings. The van der Waals surface area contributed by atoms with Gasteiger partial charge in [0.2, 0.25) is 5.96 Å². The van der Waals surface area contributed by atoms with Crippen molar-refractivity contribution >= 4 is 17.7 Å². The van der Waals surface area contributed by atoms with Gasteiger partial charge in [0.05, 0.1) is 6.54 Å². The molecule has 3 rings (SSSR count). The second-order valence-electron chi connectivity index (χ2n) is 7.44. The Balaban J connectivity index is 1.62. The lowest BCUT2D eigenvalue weighted by atomic mass is 9.93. The fourth-order valence-electron chi connectivity index (χ4n) is 3.13. The molecule has 1 aliphatic heterocycles. The summed E-state index contributed by atoms with van der Waals surface area (Å²) in [6.07, 6.45) is 0. The van der Waals surface area contributed by atoms with E-state index in [4.69, 9.17) is 0 Å². The molecule has 0 atom stereocenters. The molecular formula is C21H28N6O. The molecule has 4 N–H and O–H groups in total. The van der Waals surface area contributed by atoms with E-state index in [0.29, 0.717) is 24.3 Å². The van der Waals surface area contributed by atoms with Gasteiger partial charge in [-0.15, -0.1) is 10.2 Å². The SMILES string of the molecule is CC(C)c1cccc(C(C)C)c1NC(=O)NC1=NNN(Cc2ccccc2)N1. The number of hydrogen-bond donors (Lipinski definition) is 4. The van der Waals surface area contributed by atoms with Crippen LogP contribution in [0.1, 0.15) is 56.2 Å². The van der Waals surface area contributed by atoms with E-state index in [1.54, 1.807) is 5.12 Å². The van der Waals surface area contributed by atoms with Crippen molar-refractivity contribution in [2.75, 3.05) is 5.32 Å². The first-order valence-corrected chi connectivity index (χ1v) is 9.56. The van der Waals surface area contributed by atoms with E-state index in [0.717, 1.165) is 22.4 Å². The molecule has 0 aromatic heterocycles. The third-order valence-corrected chi connectivity index (χ3v) is 4.55. The summed E-state index contributed by atoms with van der Waals surface area (Å²) in [6.45, 7) is 9.09. The number of para-hydroxylation sites is 1. The minimum absolute atomic E-state index is 0.305. The standard InChI is InChI=1S/C21H28N6O/c1-14(2)17-11-8-12-18(15(3)4)19(17)22-21(28)23-20-24-26-27(25-20)13-16-9-6-5-7-10-16/h5-12,14-15,26H,13H2,1-4H3,(H3,22,23,24,25,28). The minimum Gasteiger partial charge on any atom is -0.307 e. The van der Waals surface area contributed by atoms with Crippen molar-refractivity contribution in [1.82, 2.24) is 21.4 Å². The van der Waals surface area contributed by atoms with Gasteiger partial charge >= 0.3 is 6.03 Å². The number of urea groups is 1. The zero-order valence-electron chi connectivity index (χ0n) is 16.8. The summed E-state index contributed by atoms with van der Waals surface area (Å²) in [5.41, 5.74) is 10.1. The van der Waals surface area contributed by atoms with E-state index in [2.05, 4.69) is 66.5 Å². The average Bonchev–Trinajstić information content (AvgIpc) is 3.08. The second-order valence-corrected chi connectivity index (χ2v) is 7.44. The number of carbonyl (C=O) groups excluding carboxylic acids is 1. The summed E-state index contributed by atoms with van der Waals surface area (Å²) in [7, 11) is 0. The molecular weight excluding hydrogens is 352 g/mol. The van der Waals surface area contributed by atoms with E-state index in [9.17, 15) is 4.79 Å². The van der Waals surface area contributed by atoms with Gasteiger partial charge in [-0.05, 0) is 28.5 Å². The summed E-state index contributed by atoms with van der Waals surface area (Å²) in [4.78, 5) is 12.6. The molecule has 0 aliphatic carbocycles. The molecule has 0 fully saturated rings. The van der Waals surface area contributed by atoms with E-state index >= 15 is 0 Å². The predicted molar refractivity (Wildman–Crippen MR) is 112 cm³/mol. The van der Waals surface area contributed by atoms with Gasteiger partial charge in [0, 0.05) is 5.69 Å². The first-order chi connectivity index (χ1) is 13.4. The Morgan fingerprint density at radius 1 is 0.964 bits per heavy atom. The maximum absolute atomic E-state index is 12.6. The number of hydrazine groups is 2. The lowest BCUT2D eigenvalue weighted by Crippen LogP contribution is -2.47. The number of amides is 2. The van der Waals surface area contributed by atoms with Crippen molar-refractivity contribution in [3.05, 3.63) is 65.2 Å². The minimum atomic E-state index is -0.329. The van der Waals surface area contributed by atoms with Gasteiger partial charge in [-0.2, -0.15) is 0 Å². The quantitative estimate of drug-likeness (QED) is 0.635. The van der Waals surface area contributed by atoms with Crippen LogP contribution in [0.4, 0.5) is 10.5 Å². The number of nitrogens with one attached hydrogen (secondary N) is 4. The van der Waals surface area contributed by atoms with Crippen LogP contribution in [-0.4, -0.2) is 17.1 Å². The third-order valence-electron chi connectivity index (χ3n) is 4.55. The van der Waals surface area contributed by atoms with E-state index in [-0.39, 0.29) is 6.03 Å². The van der Waals surface area contributed by atoms with Gasteiger partial charge in [-0.3, -0.25) is 10.7 Å². The number of nitrogens with zero attached hydrogens (tertiary/aromatic N) is 2. The molecule has 0 radical (unpaired) electrons. The van der Waals surface area contributed by atoms with Crippen LogP contribution in [0.5, 0.6) is 0 Å². The van der Waals surface area contributed by atoms with Crippen LogP contribution in [-0.2, 0) is 6.54 Å². The summed E-state index contributed by atoms with van der Waals surface area (Å²) in [6, 6.07) is 15.8. The Labute approximate surface area is 166 Å². The van der Waals surface area contributed by atoms with Gasteiger partial charge in [0.1, 0.15) is 0 Å². The summed E-state index contributed by atoms with van der Waals surface area (Å²) >= 11 is 0. The van der Waals surface area contributed by atoms with E-state index < -0.39 is 0 Å². The molecule has 0 saturated heterocycles. The highest BCUT2D eigenvalue weighted by Gasteiger charge is 2.19. The van der Waals surface area contributed by atoms with Crippen LogP contribution in [0.25, 0.3) is 0 Å². The fourth-order valence-corrected chi connectivity index (χ4v) is 3.13. The smallest absolute Gasteiger partial charge is 0.307 e. The number of benzene rings is 2. The molecule has 0 spiro atoms. The fraction of sp³-hybridized carbons (Fsp3) is 0.333. The Bertz CT molecular complexity index is 821. The molecule has 0 unspecified atom stereocenters. The van der Waals surface area contributed by atoms with Gasteiger partial charge in [0.25, 0.3) is 0 Å². The molecule has 0 saturated carbocycles. The molecule has 28 heavy (non-hydrogen) atoms. The van der Waals surface area contributed by atoms with Crippen molar-refractivity contribution in [2.45, 2.75) is 46.1 Å². The molecule has 2 aromatic carbocycles. The normalized spacial score (nSPS) is 13.9. The summed E-state index contributed by atoms with van der Waals surface area (Å²) in [5, 5.41) is 11.6. The van der Waals surface area contributed by atoms with Crippen LogP contribution in [0.3, 0.4) is 0 Å². The predicted octanol–water partition coefficient (Wildman–Crippen LogP) is 3.85. The molecule has 7 nitrogen and oxygen atoms in total. The maximum Gasteiger partial charge on any atom is 0.326 e. The largest absolute Gasteiger partial charge is 0.326 e. The number of hydrogen-bond acceptors (Lipinski definition) is 5. The highest BCUT2D eigenvalue weighted by Crippen LogP contribution is 2.32. The molecule has 0 bridgehead atoms. The van der Waals surface area contributed by atoms with Gasteiger partial charge in [0.15, 0.2) is 0 Å². The lowest BCUT2D eigenvalue weighted by Gasteiger charge is -2.20. The maximum atomic E-state index is 12.6. The Morgan fingerprint density at radius 2 is 1.61 bits per heavy atom. The van der Waals surface area contributed by atoms with Gasteiger partial charge in [-0.1, -0.05) is 76.2 Å². The van der Waals surface area contributed by atoms with Crippen LogP contribution in [0, 0.1) is 0 Å². The van der Waals surface area contributed by atoms with Crippen molar-refractivity contribution in [3.8, 4) is 0 Å². The monoisotopic (exact) mass is 380 g/mol. The van der Waals surface area contributed by atoms with Crippen LogP contribution in [0.2, 0.25) is 0 Å². The number of carbonyl (C=O) groups is 1. The van der Waals surface area contributed by atoms with E-state index in [1.807, 2.05) is 36.4 Å². The van der Waals surface area contributed by atoms with Crippen LogP contribution in [0.15, 0.2) is 53.6 Å². The molecule has 1 aliphatic rings. The molecule has 7 heteroatoms. The lowest BCUT2D eigenvalue weighted by molar-refractivity contribution is 0.169. The first-order valence-electron chi connectivity index (χ1n) is 9.56. The number of hydrazone groups is 1. The number of anilines is 1. The Morgan fingerprint density at radius 3 is 2.21 bits per heavy atom. The molecule has 2 amide bonds. The Kier molecular flexibility index (Phi) is 6.16. The molecule has 1 heterocycles. The van der Waals surface area contributed by atoms with Crippen molar-refractivity contribution < 1.29 is 4.79 Å². The van der Waals surface area contributed by atoms with Crippen molar-refractivity contribution in [2.24, 2.45) is 5.10 Å². The zero-order chi connectivity index (χ0) is 20.1. The van der Waals surface area contributed by atoms with Gasteiger partial charge in [-0.25, -0.2) is 10.3 Å². The van der Waals surface area contributed by atoms with Crippen LogP contribution >= 0.6 is 0 Å². The second kappa shape index (κ2) is 8.75. The van der Waals surface area contributed by atoms with Crippen molar-refractivity contribution in [3.63, 3.8) is 0 Å². The third kappa shape index (κ3) is 4.80. The topological polar surface area (TPSA) is 80.8 Å². The highest BCUT2D eigenvalue weighted by molar-refractivity contribution is 6.03. The zero-order valence-corrected chi connectivity index (χ0v) is 16.8. The number of rotatable bonds is 5. The highest BCUT2D eigenvalue weighted by atomic mass is 16.2. The van der Waals surface area contributed by atoms with Crippen LogP contribution < -0.4 is 21.6 Å². The number of guanidine groups is 1. The molecule has 148 valence electrons. The van der Waals surface area contributed by atoms with Gasteiger partial charge < -0.3 is 5.32 Å². The summed E-state index contributed by atoms with van der Waals surface area (Å²) in [5.74, 6) is 0.958. The Hall–Kier alpha value is -3.06. The van der Waals surface area contributed by atoms with E-state index in [1.165, 1.54) is 0 Å². The average molecular weight is 380 g/mol. The van der Waals surface area contributed by atoms with Crippen molar-refractivity contribution in [1.29, 1.82) is 0 Å². The first kappa shape index (κ1) is 19.7. The summed E-state index contributed by atoms with van der Waals surface area (Å²) < 4.78 is 0.